The second kappa shape index (κ2) is 5.47. The second-order valence-corrected chi connectivity index (χ2v) is 4.08. The standard InChI is InChI=1S/C10H15ClN2O2/c11-6-5-10-13-12-9(15-10)4-3-8-2-1-7-14-8/h8H,1-7H2. The number of aromatic nitrogens is 2. The Labute approximate surface area is 94.0 Å². The first-order chi connectivity index (χ1) is 7.38. The SMILES string of the molecule is ClCCc1nnc(CCC2CCCO2)o1. The predicted molar refractivity (Wildman–Crippen MR) is 56.0 cm³/mol. The molecule has 15 heavy (non-hydrogen) atoms. The minimum atomic E-state index is 0.383. The molecule has 1 aromatic rings. The van der Waals surface area contributed by atoms with Crippen LogP contribution in [0, 0.1) is 0 Å². The summed E-state index contributed by atoms with van der Waals surface area (Å²) in [5, 5.41) is 7.87. The fourth-order valence-electron chi connectivity index (χ4n) is 1.73. The van der Waals surface area contributed by atoms with Crippen molar-refractivity contribution >= 4 is 11.6 Å². The molecule has 4 nitrogen and oxygen atoms in total. The van der Waals surface area contributed by atoms with Crippen molar-refractivity contribution in [2.75, 3.05) is 12.5 Å². The van der Waals surface area contributed by atoms with Crippen LogP contribution in [0.1, 0.15) is 31.0 Å². The van der Waals surface area contributed by atoms with Crippen LogP contribution in [0.15, 0.2) is 4.42 Å². The van der Waals surface area contributed by atoms with Gasteiger partial charge in [-0.2, -0.15) is 0 Å². The molecule has 1 saturated heterocycles. The zero-order chi connectivity index (χ0) is 10.5. The number of nitrogens with zero attached hydrogens (tertiary/aromatic N) is 2. The number of ether oxygens (including phenoxy) is 1. The van der Waals surface area contributed by atoms with Gasteiger partial charge in [0, 0.05) is 25.3 Å². The third-order valence-corrected chi connectivity index (χ3v) is 2.71. The zero-order valence-corrected chi connectivity index (χ0v) is 9.37. The molecule has 5 heteroatoms. The van der Waals surface area contributed by atoms with Crippen LogP contribution in [-0.4, -0.2) is 28.8 Å². The van der Waals surface area contributed by atoms with Crippen LogP contribution in [0.25, 0.3) is 0 Å². The highest BCUT2D eigenvalue weighted by molar-refractivity contribution is 6.17. The van der Waals surface area contributed by atoms with E-state index in [9.17, 15) is 0 Å². The van der Waals surface area contributed by atoms with Crippen molar-refractivity contribution < 1.29 is 9.15 Å². The van der Waals surface area contributed by atoms with E-state index in [-0.39, 0.29) is 0 Å². The first-order valence-corrected chi connectivity index (χ1v) is 5.91. The van der Waals surface area contributed by atoms with Crippen LogP contribution in [-0.2, 0) is 17.6 Å². The van der Waals surface area contributed by atoms with Gasteiger partial charge in [0.2, 0.25) is 11.8 Å². The molecule has 84 valence electrons. The Kier molecular flexibility index (Phi) is 3.97. The van der Waals surface area contributed by atoms with Gasteiger partial charge in [-0.3, -0.25) is 0 Å². The molecule has 1 aliphatic heterocycles. The fourth-order valence-corrected chi connectivity index (χ4v) is 1.89. The van der Waals surface area contributed by atoms with Crippen molar-refractivity contribution in [2.24, 2.45) is 0 Å². The average Bonchev–Trinajstić information content (AvgIpc) is 2.85. The predicted octanol–water partition coefficient (Wildman–Crippen LogP) is 1.96. The van der Waals surface area contributed by atoms with E-state index in [2.05, 4.69) is 10.2 Å². The summed E-state index contributed by atoms with van der Waals surface area (Å²) in [6.07, 6.45) is 5.14. The molecule has 0 amide bonds. The lowest BCUT2D eigenvalue weighted by Crippen LogP contribution is -2.06. The van der Waals surface area contributed by atoms with Crippen LogP contribution in [0.3, 0.4) is 0 Å². The van der Waals surface area contributed by atoms with Crippen LogP contribution in [0.4, 0.5) is 0 Å². The van der Waals surface area contributed by atoms with Gasteiger partial charge in [-0.25, -0.2) is 0 Å². The Morgan fingerprint density at radius 1 is 1.27 bits per heavy atom. The first kappa shape index (κ1) is 10.9. The topological polar surface area (TPSA) is 48.2 Å². The molecule has 0 saturated carbocycles. The van der Waals surface area contributed by atoms with Gasteiger partial charge < -0.3 is 9.15 Å². The smallest absolute Gasteiger partial charge is 0.217 e. The maximum absolute atomic E-state index is 5.58. The largest absolute Gasteiger partial charge is 0.425 e. The number of hydrogen-bond acceptors (Lipinski definition) is 4. The average molecular weight is 231 g/mol. The van der Waals surface area contributed by atoms with Crippen LogP contribution in [0.2, 0.25) is 0 Å². The number of alkyl halides is 1. The summed E-state index contributed by atoms with van der Waals surface area (Å²) in [5.74, 6) is 1.85. The fraction of sp³-hybridized carbons (Fsp3) is 0.800. The first-order valence-electron chi connectivity index (χ1n) is 5.37. The van der Waals surface area contributed by atoms with Crippen LogP contribution < -0.4 is 0 Å². The van der Waals surface area contributed by atoms with Gasteiger partial charge in [0.25, 0.3) is 0 Å². The molecular formula is C10H15ClN2O2. The van der Waals surface area contributed by atoms with E-state index in [1.807, 2.05) is 0 Å². The molecule has 2 rings (SSSR count). The summed E-state index contributed by atoms with van der Waals surface area (Å²) in [6, 6.07) is 0. The zero-order valence-electron chi connectivity index (χ0n) is 8.62. The summed E-state index contributed by atoms with van der Waals surface area (Å²) < 4.78 is 10.9. The summed E-state index contributed by atoms with van der Waals surface area (Å²) in [5.41, 5.74) is 0. The summed E-state index contributed by atoms with van der Waals surface area (Å²) in [4.78, 5) is 0. The third-order valence-electron chi connectivity index (χ3n) is 2.52. The van der Waals surface area contributed by atoms with Crippen molar-refractivity contribution in [3.63, 3.8) is 0 Å². The van der Waals surface area contributed by atoms with Crippen molar-refractivity contribution in [2.45, 2.75) is 38.2 Å². The lowest BCUT2D eigenvalue weighted by Gasteiger charge is -2.05. The lowest BCUT2D eigenvalue weighted by atomic mass is 10.1. The molecule has 1 unspecified atom stereocenters. The van der Waals surface area contributed by atoms with Gasteiger partial charge in [0.05, 0.1) is 6.10 Å². The van der Waals surface area contributed by atoms with E-state index in [1.165, 1.54) is 6.42 Å². The van der Waals surface area contributed by atoms with E-state index in [0.29, 0.717) is 30.2 Å². The van der Waals surface area contributed by atoms with Crippen LogP contribution >= 0.6 is 11.6 Å². The molecule has 2 heterocycles. The monoisotopic (exact) mass is 230 g/mol. The highest BCUT2D eigenvalue weighted by Gasteiger charge is 2.16. The highest BCUT2D eigenvalue weighted by atomic mass is 35.5. The number of halogens is 1. The lowest BCUT2D eigenvalue weighted by molar-refractivity contribution is 0.103. The van der Waals surface area contributed by atoms with Gasteiger partial charge in [-0.1, -0.05) is 0 Å². The Morgan fingerprint density at radius 2 is 2.07 bits per heavy atom. The molecule has 0 aromatic carbocycles. The molecule has 1 aromatic heterocycles. The molecular weight excluding hydrogens is 216 g/mol. The number of aryl methyl sites for hydroxylation is 2. The molecule has 0 aliphatic carbocycles. The highest BCUT2D eigenvalue weighted by Crippen LogP contribution is 2.17. The minimum absolute atomic E-state index is 0.383. The number of hydrogen-bond donors (Lipinski definition) is 0. The Hall–Kier alpha value is -0.610. The van der Waals surface area contributed by atoms with Gasteiger partial charge in [-0.15, -0.1) is 21.8 Å². The molecule has 1 atom stereocenters. The molecule has 0 radical (unpaired) electrons. The third kappa shape index (κ3) is 3.18. The van der Waals surface area contributed by atoms with Crippen molar-refractivity contribution in [3.05, 3.63) is 11.8 Å². The minimum Gasteiger partial charge on any atom is -0.425 e. The molecule has 1 aliphatic rings. The van der Waals surface area contributed by atoms with Crippen molar-refractivity contribution in [1.29, 1.82) is 0 Å². The van der Waals surface area contributed by atoms with E-state index >= 15 is 0 Å². The van der Waals surface area contributed by atoms with Gasteiger partial charge >= 0.3 is 0 Å². The Morgan fingerprint density at radius 3 is 2.73 bits per heavy atom. The second-order valence-electron chi connectivity index (χ2n) is 3.70. The summed E-state index contributed by atoms with van der Waals surface area (Å²) >= 11 is 5.58. The Balaban J connectivity index is 1.77. The molecule has 0 bridgehead atoms. The normalized spacial score (nSPS) is 21.0. The molecule has 0 N–H and O–H groups in total. The van der Waals surface area contributed by atoms with Gasteiger partial charge in [-0.05, 0) is 19.3 Å². The van der Waals surface area contributed by atoms with E-state index in [1.54, 1.807) is 0 Å². The summed E-state index contributed by atoms with van der Waals surface area (Å²) in [7, 11) is 0. The number of rotatable bonds is 5. The maximum atomic E-state index is 5.58. The quantitative estimate of drug-likeness (QED) is 0.726. The van der Waals surface area contributed by atoms with Crippen molar-refractivity contribution in [3.8, 4) is 0 Å². The van der Waals surface area contributed by atoms with Gasteiger partial charge in [0.15, 0.2) is 0 Å². The van der Waals surface area contributed by atoms with Gasteiger partial charge in [0.1, 0.15) is 0 Å². The van der Waals surface area contributed by atoms with E-state index < -0.39 is 0 Å². The summed E-state index contributed by atoms with van der Waals surface area (Å²) in [6.45, 7) is 0.895. The maximum Gasteiger partial charge on any atom is 0.217 e. The van der Waals surface area contributed by atoms with Crippen LogP contribution in [0.5, 0.6) is 0 Å². The van der Waals surface area contributed by atoms with E-state index in [0.717, 1.165) is 25.9 Å². The molecule has 1 fully saturated rings. The van der Waals surface area contributed by atoms with Crippen molar-refractivity contribution in [1.82, 2.24) is 10.2 Å². The molecule has 0 spiro atoms. The Bertz CT molecular complexity index is 297. The van der Waals surface area contributed by atoms with E-state index in [4.69, 9.17) is 20.8 Å².